The van der Waals surface area contributed by atoms with Crippen LogP contribution in [0.25, 0.3) is 10.9 Å². The van der Waals surface area contributed by atoms with E-state index in [1.165, 1.54) is 0 Å². The number of nitrogens with two attached hydrogens (primary N) is 1. The summed E-state index contributed by atoms with van der Waals surface area (Å²) in [5.74, 6) is 0.588. The molecule has 0 saturated carbocycles. The van der Waals surface area contributed by atoms with Crippen LogP contribution in [0.3, 0.4) is 0 Å². The minimum absolute atomic E-state index is 0.255. The highest BCUT2D eigenvalue weighted by molar-refractivity contribution is 5.97. The molecule has 27 heavy (non-hydrogen) atoms. The highest BCUT2D eigenvalue weighted by Gasteiger charge is 2.07. The molecule has 0 aliphatic heterocycles. The van der Waals surface area contributed by atoms with E-state index in [1.54, 1.807) is 25.3 Å². The summed E-state index contributed by atoms with van der Waals surface area (Å²) >= 11 is 0. The number of nitriles is 1. The highest BCUT2D eigenvalue weighted by atomic mass is 16.6. The van der Waals surface area contributed by atoms with Gasteiger partial charge in [0, 0.05) is 18.1 Å². The summed E-state index contributed by atoms with van der Waals surface area (Å²) in [5, 5.41) is 16.9. The van der Waals surface area contributed by atoms with Gasteiger partial charge in [-0.25, -0.2) is 4.98 Å². The van der Waals surface area contributed by atoms with Gasteiger partial charge in [0.25, 0.3) is 0 Å². The minimum atomic E-state index is 0.255. The average Bonchev–Trinajstić information content (AvgIpc) is 2.70. The third kappa shape index (κ3) is 4.70. The van der Waals surface area contributed by atoms with Gasteiger partial charge in [-0.1, -0.05) is 17.3 Å². The maximum absolute atomic E-state index is 8.51. The highest BCUT2D eigenvalue weighted by Crippen LogP contribution is 2.19. The maximum Gasteiger partial charge on any atom is 0.150 e. The number of nitrogens with one attached hydrogen (secondary N) is 1. The van der Waals surface area contributed by atoms with Crippen LogP contribution in [0.4, 0.5) is 11.5 Å². The Morgan fingerprint density at radius 1 is 1.30 bits per heavy atom. The molecule has 7 heteroatoms. The molecule has 0 aliphatic carbocycles. The molecule has 0 aliphatic rings. The van der Waals surface area contributed by atoms with Crippen molar-refractivity contribution in [3.05, 3.63) is 59.9 Å². The molecule has 3 rings (SSSR count). The van der Waals surface area contributed by atoms with E-state index in [9.17, 15) is 0 Å². The van der Waals surface area contributed by atoms with Crippen molar-refractivity contribution in [1.29, 1.82) is 5.26 Å². The lowest BCUT2D eigenvalue weighted by Crippen LogP contribution is -2.08. The third-order valence-electron chi connectivity index (χ3n) is 3.93. The van der Waals surface area contributed by atoms with Crippen LogP contribution in [0.15, 0.2) is 53.8 Å². The van der Waals surface area contributed by atoms with Gasteiger partial charge in [0.15, 0.2) is 0 Å². The van der Waals surface area contributed by atoms with Crippen molar-refractivity contribution in [3.63, 3.8) is 0 Å². The van der Waals surface area contributed by atoms with E-state index in [2.05, 4.69) is 26.5 Å². The summed E-state index contributed by atoms with van der Waals surface area (Å²) < 4.78 is 0. The lowest BCUT2D eigenvalue weighted by atomic mass is 10.1. The first kappa shape index (κ1) is 18.1. The molecule has 1 aromatic carbocycles. The van der Waals surface area contributed by atoms with E-state index in [1.807, 2.05) is 30.3 Å². The predicted octanol–water partition coefficient (Wildman–Crippen LogP) is 3.48. The summed E-state index contributed by atoms with van der Waals surface area (Å²) in [5.41, 5.74) is 9.94. The molecule has 0 fully saturated rings. The van der Waals surface area contributed by atoms with Crippen molar-refractivity contribution < 1.29 is 4.84 Å². The SMILES string of the molecule is C/C(=N\OCCC#N)c1ccc(N)c(NCc2ccc3ncccc3c2)n1. The normalized spacial score (nSPS) is 11.2. The Hall–Kier alpha value is -3.66. The number of hydrogen-bond acceptors (Lipinski definition) is 7. The van der Waals surface area contributed by atoms with Gasteiger partial charge in [0.2, 0.25) is 0 Å². The van der Waals surface area contributed by atoms with Crippen molar-refractivity contribution in [3.8, 4) is 6.07 Å². The minimum Gasteiger partial charge on any atom is -0.396 e. The smallest absolute Gasteiger partial charge is 0.150 e. The zero-order chi connectivity index (χ0) is 19.1. The number of anilines is 2. The third-order valence-corrected chi connectivity index (χ3v) is 3.93. The average molecular weight is 360 g/mol. The number of aromatic nitrogens is 2. The molecular weight excluding hydrogens is 340 g/mol. The van der Waals surface area contributed by atoms with Crippen LogP contribution in [0, 0.1) is 11.3 Å². The largest absolute Gasteiger partial charge is 0.396 e. The van der Waals surface area contributed by atoms with Gasteiger partial charge >= 0.3 is 0 Å². The number of nitrogen functional groups attached to an aromatic ring is 1. The van der Waals surface area contributed by atoms with E-state index in [4.69, 9.17) is 15.8 Å². The molecule has 3 aromatic rings. The summed E-state index contributed by atoms with van der Waals surface area (Å²) in [6.07, 6.45) is 2.07. The maximum atomic E-state index is 8.51. The second kappa shape index (κ2) is 8.63. The zero-order valence-corrected chi connectivity index (χ0v) is 15.0. The fourth-order valence-corrected chi connectivity index (χ4v) is 2.51. The Balaban J connectivity index is 1.71. The molecule has 0 spiro atoms. The second-order valence-corrected chi connectivity index (χ2v) is 5.94. The second-order valence-electron chi connectivity index (χ2n) is 5.94. The fraction of sp³-hybridized carbons (Fsp3) is 0.200. The molecular formula is C20H20N6O. The quantitative estimate of drug-likeness (QED) is 0.379. The number of oxime groups is 1. The van der Waals surface area contributed by atoms with Crippen LogP contribution >= 0.6 is 0 Å². The Morgan fingerprint density at radius 2 is 2.19 bits per heavy atom. The van der Waals surface area contributed by atoms with Gasteiger partial charge < -0.3 is 15.9 Å². The first-order chi connectivity index (χ1) is 13.2. The van der Waals surface area contributed by atoms with E-state index >= 15 is 0 Å². The molecule has 7 nitrogen and oxygen atoms in total. The van der Waals surface area contributed by atoms with Crippen molar-refractivity contribution in [2.45, 2.75) is 19.9 Å². The molecule has 0 bridgehead atoms. The Bertz CT molecular complexity index is 1010. The van der Waals surface area contributed by atoms with E-state index < -0.39 is 0 Å². The van der Waals surface area contributed by atoms with Crippen molar-refractivity contribution in [2.75, 3.05) is 17.7 Å². The van der Waals surface area contributed by atoms with Crippen LogP contribution < -0.4 is 11.1 Å². The summed E-state index contributed by atoms with van der Waals surface area (Å²) in [4.78, 5) is 13.9. The number of fused-ring (bicyclic) bond motifs is 1. The van der Waals surface area contributed by atoms with Crippen molar-refractivity contribution in [2.24, 2.45) is 5.16 Å². The molecule has 136 valence electrons. The monoisotopic (exact) mass is 360 g/mol. The Morgan fingerprint density at radius 3 is 3.04 bits per heavy atom. The number of benzene rings is 1. The predicted molar refractivity (Wildman–Crippen MR) is 106 cm³/mol. The van der Waals surface area contributed by atoms with Crippen LogP contribution in [0.2, 0.25) is 0 Å². The van der Waals surface area contributed by atoms with Gasteiger partial charge in [-0.2, -0.15) is 5.26 Å². The zero-order valence-electron chi connectivity index (χ0n) is 15.0. The Labute approximate surface area is 157 Å². The summed E-state index contributed by atoms with van der Waals surface area (Å²) in [6, 6.07) is 15.6. The van der Waals surface area contributed by atoms with Gasteiger partial charge in [-0.05, 0) is 42.8 Å². The lowest BCUT2D eigenvalue weighted by Gasteiger charge is -2.11. The number of hydrogen-bond donors (Lipinski definition) is 2. The van der Waals surface area contributed by atoms with Gasteiger partial charge in [-0.3, -0.25) is 4.98 Å². The molecule has 0 radical (unpaired) electrons. The molecule has 0 atom stereocenters. The summed E-state index contributed by atoms with van der Waals surface area (Å²) in [6.45, 7) is 2.64. The first-order valence-electron chi connectivity index (χ1n) is 8.55. The standard InChI is InChI=1S/C20H20N6O/c1-14(26-27-11-3-9-21)18-8-6-17(22)20(25-18)24-13-15-5-7-19-16(12-15)4-2-10-23-19/h2,4-8,10,12H,3,11,13,22H2,1H3,(H,24,25)/b26-14+. The van der Waals surface area contributed by atoms with Crippen LogP contribution in [0.1, 0.15) is 24.6 Å². The fourth-order valence-electron chi connectivity index (χ4n) is 2.51. The number of nitrogens with zero attached hydrogens (tertiary/aromatic N) is 4. The van der Waals surface area contributed by atoms with E-state index in [0.29, 0.717) is 35.9 Å². The van der Waals surface area contributed by atoms with E-state index in [-0.39, 0.29) is 6.61 Å². The lowest BCUT2D eigenvalue weighted by molar-refractivity contribution is 0.150. The molecule has 0 amide bonds. The summed E-state index contributed by atoms with van der Waals surface area (Å²) in [7, 11) is 0. The Kier molecular flexibility index (Phi) is 5.80. The van der Waals surface area contributed by atoms with Crippen LogP contribution in [0.5, 0.6) is 0 Å². The van der Waals surface area contributed by atoms with Gasteiger partial charge in [-0.15, -0.1) is 0 Å². The topological polar surface area (TPSA) is 109 Å². The molecule has 3 N–H and O–H groups in total. The molecule has 0 saturated heterocycles. The first-order valence-corrected chi connectivity index (χ1v) is 8.55. The number of pyridine rings is 2. The van der Waals surface area contributed by atoms with Gasteiger partial charge in [0.1, 0.15) is 18.1 Å². The van der Waals surface area contributed by atoms with E-state index in [0.717, 1.165) is 16.5 Å². The van der Waals surface area contributed by atoms with Gasteiger partial charge in [0.05, 0.1) is 29.4 Å². The van der Waals surface area contributed by atoms with Crippen LogP contribution in [-0.4, -0.2) is 22.3 Å². The van der Waals surface area contributed by atoms with Crippen LogP contribution in [-0.2, 0) is 11.4 Å². The molecule has 2 aromatic heterocycles. The molecule has 0 unspecified atom stereocenters. The van der Waals surface area contributed by atoms with Crippen molar-refractivity contribution >= 4 is 28.1 Å². The number of rotatable bonds is 7. The molecule has 2 heterocycles. The van der Waals surface area contributed by atoms with Crippen molar-refractivity contribution in [1.82, 2.24) is 9.97 Å².